The Morgan fingerprint density at radius 1 is 1.12 bits per heavy atom. The van der Waals surface area contributed by atoms with E-state index >= 15 is 0 Å². The van der Waals surface area contributed by atoms with Crippen LogP contribution in [0.3, 0.4) is 0 Å². The minimum Gasteiger partial charge on any atom is -0.494 e. The van der Waals surface area contributed by atoms with Gasteiger partial charge in [0.1, 0.15) is 5.75 Å². The van der Waals surface area contributed by atoms with Crippen LogP contribution in [-0.2, 0) is 9.53 Å². The summed E-state index contributed by atoms with van der Waals surface area (Å²) in [6.07, 6.45) is 0.908. The van der Waals surface area contributed by atoms with Crippen LogP contribution in [0.5, 0.6) is 5.75 Å². The number of esters is 1. The predicted octanol–water partition coefficient (Wildman–Crippen LogP) is 4.16. The second-order valence-corrected chi connectivity index (χ2v) is 6.17. The number of rotatable bonds is 8. The highest BCUT2D eigenvalue weighted by Gasteiger charge is 2.14. The molecule has 5 nitrogen and oxygen atoms in total. The van der Waals surface area contributed by atoms with Crippen LogP contribution in [0.1, 0.15) is 42.2 Å². The van der Waals surface area contributed by atoms with E-state index in [1.165, 1.54) is 0 Å². The smallest absolute Gasteiger partial charge is 0.338 e. The minimum atomic E-state index is -0.562. The van der Waals surface area contributed by atoms with E-state index in [4.69, 9.17) is 21.1 Å². The summed E-state index contributed by atoms with van der Waals surface area (Å²) in [5.41, 5.74) is 1.16. The zero-order valence-corrected chi connectivity index (χ0v) is 15.6. The van der Waals surface area contributed by atoms with Gasteiger partial charge in [0.15, 0.2) is 6.61 Å². The van der Waals surface area contributed by atoms with Crippen LogP contribution < -0.4 is 10.1 Å². The normalized spacial score (nSPS) is 11.5. The molecule has 1 N–H and O–H groups in total. The zero-order chi connectivity index (χ0) is 18.9. The standard InChI is InChI=1S/C20H22ClNO4/c1-3-12-25-16-10-8-15(9-11-16)20(24)26-13-19(23)22-14(2)17-6-4-5-7-18(17)21/h4-11,14H,3,12-13H2,1-2H3,(H,22,23)/t14-/m0/s1. The van der Waals surface area contributed by atoms with Gasteiger partial charge in [0.05, 0.1) is 18.2 Å². The molecular formula is C20H22ClNO4. The summed E-state index contributed by atoms with van der Waals surface area (Å²) >= 11 is 6.11. The van der Waals surface area contributed by atoms with Crippen LogP contribution in [0.4, 0.5) is 0 Å². The van der Waals surface area contributed by atoms with Crippen molar-refractivity contribution in [3.63, 3.8) is 0 Å². The van der Waals surface area contributed by atoms with Crippen molar-refractivity contribution in [1.82, 2.24) is 5.32 Å². The molecule has 0 spiro atoms. The number of ether oxygens (including phenoxy) is 2. The molecule has 2 aromatic rings. The first-order valence-corrected chi connectivity index (χ1v) is 8.82. The van der Waals surface area contributed by atoms with Crippen molar-refractivity contribution in [3.8, 4) is 5.75 Å². The van der Waals surface area contributed by atoms with E-state index in [2.05, 4.69) is 5.32 Å². The van der Waals surface area contributed by atoms with Gasteiger partial charge in [-0.1, -0.05) is 36.7 Å². The van der Waals surface area contributed by atoms with Crippen molar-refractivity contribution in [2.75, 3.05) is 13.2 Å². The Morgan fingerprint density at radius 3 is 2.46 bits per heavy atom. The van der Waals surface area contributed by atoms with Gasteiger partial charge in [-0.25, -0.2) is 4.79 Å². The lowest BCUT2D eigenvalue weighted by molar-refractivity contribution is -0.124. The summed E-state index contributed by atoms with van der Waals surface area (Å²) in [6, 6.07) is 13.6. The Labute approximate surface area is 158 Å². The molecule has 6 heteroatoms. The van der Waals surface area contributed by atoms with Crippen molar-refractivity contribution in [2.45, 2.75) is 26.3 Å². The summed E-state index contributed by atoms with van der Waals surface area (Å²) in [6.45, 7) is 4.09. The minimum absolute atomic E-state index is 0.287. The van der Waals surface area contributed by atoms with E-state index in [-0.39, 0.29) is 12.6 Å². The Bertz CT molecular complexity index is 746. The van der Waals surface area contributed by atoms with Crippen LogP contribution in [-0.4, -0.2) is 25.1 Å². The van der Waals surface area contributed by atoms with Crippen LogP contribution in [0.25, 0.3) is 0 Å². The maximum absolute atomic E-state index is 12.0. The monoisotopic (exact) mass is 375 g/mol. The molecular weight excluding hydrogens is 354 g/mol. The molecule has 0 aliphatic rings. The molecule has 0 fully saturated rings. The molecule has 0 aliphatic heterocycles. The summed E-state index contributed by atoms with van der Waals surface area (Å²) in [5.74, 6) is -0.268. The van der Waals surface area contributed by atoms with Crippen LogP contribution in [0, 0.1) is 0 Å². The Morgan fingerprint density at radius 2 is 1.81 bits per heavy atom. The van der Waals surface area contributed by atoms with E-state index in [0.29, 0.717) is 22.9 Å². The van der Waals surface area contributed by atoms with Gasteiger partial charge in [-0.05, 0) is 49.2 Å². The maximum atomic E-state index is 12.0. The van der Waals surface area contributed by atoms with Gasteiger partial charge in [0.2, 0.25) is 0 Å². The van der Waals surface area contributed by atoms with Crippen LogP contribution >= 0.6 is 11.6 Å². The molecule has 26 heavy (non-hydrogen) atoms. The van der Waals surface area contributed by atoms with Crippen molar-refractivity contribution in [3.05, 3.63) is 64.7 Å². The third-order valence-electron chi connectivity index (χ3n) is 3.65. The number of hydrogen-bond donors (Lipinski definition) is 1. The molecule has 2 aromatic carbocycles. The van der Waals surface area contributed by atoms with Crippen molar-refractivity contribution >= 4 is 23.5 Å². The third kappa shape index (κ3) is 5.77. The summed E-state index contributed by atoms with van der Waals surface area (Å²) in [7, 11) is 0. The van der Waals surface area contributed by atoms with Gasteiger partial charge < -0.3 is 14.8 Å². The van der Waals surface area contributed by atoms with E-state index in [1.54, 1.807) is 30.3 Å². The Balaban J connectivity index is 1.83. The average molecular weight is 376 g/mol. The van der Waals surface area contributed by atoms with Gasteiger partial charge in [0, 0.05) is 5.02 Å². The number of carbonyl (C=O) groups excluding carboxylic acids is 2. The summed E-state index contributed by atoms with van der Waals surface area (Å²) in [4.78, 5) is 24.0. The van der Waals surface area contributed by atoms with Crippen molar-refractivity contribution < 1.29 is 19.1 Å². The zero-order valence-electron chi connectivity index (χ0n) is 14.8. The summed E-state index contributed by atoms with van der Waals surface area (Å²) < 4.78 is 10.5. The van der Waals surface area contributed by atoms with Crippen LogP contribution in [0.2, 0.25) is 5.02 Å². The van der Waals surface area contributed by atoms with E-state index in [1.807, 2.05) is 32.0 Å². The Hall–Kier alpha value is -2.53. The lowest BCUT2D eigenvalue weighted by atomic mass is 10.1. The topological polar surface area (TPSA) is 64.6 Å². The van der Waals surface area contributed by atoms with Gasteiger partial charge in [-0.2, -0.15) is 0 Å². The van der Waals surface area contributed by atoms with Gasteiger partial charge in [-0.15, -0.1) is 0 Å². The fourth-order valence-electron chi connectivity index (χ4n) is 2.31. The lowest BCUT2D eigenvalue weighted by Crippen LogP contribution is -2.31. The molecule has 0 saturated heterocycles. The molecule has 1 atom stereocenters. The predicted molar refractivity (Wildman–Crippen MR) is 101 cm³/mol. The SMILES string of the molecule is CCCOc1ccc(C(=O)OCC(=O)N[C@@H](C)c2ccccc2Cl)cc1. The van der Waals surface area contributed by atoms with Gasteiger partial charge in [0.25, 0.3) is 5.91 Å². The molecule has 0 heterocycles. The molecule has 0 aliphatic carbocycles. The fraction of sp³-hybridized carbons (Fsp3) is 0.300. The van der Waals surface area contributed by atoms with Gasteiger partial charge >= 0.3 is 5.97 Å². The first-order chi connectivity index (χ1) is 12.5. The quantitative estimate of drug-likeness (QED) is 0.703. The number of hydrogen-bond acceptors (Lipinski definition) is 4. The van der Waals surface area contributed by atoms with E-state index < -0.39 is 11.9 Å². The second-order valence-electron chi connectivity index (χ2n) is 5.76. The highest BCUT2D eigenvalue weighted by molar-refractivity contribution is 6.31. The highest BCUT2D eigenvalue weighted by atomic mass is 35.5. The third-order valence-corrected chi connectivity index (χ3v) is 3.99. The number of carbonyl (C=O) groups is 2. The maximum Gasteiger partial charge on any atom is 0.338 e. The number of amides is 1. The fourth-order valence-corrected chi connectivity index (χ4v) is 2.61. The van der Waals surface area contributed by atoms with Crippen molar-refractivity contribution in [1.29, 1.82) is 0 Å². The largest absolute Gasteiger partial charge is 0.494 e. The number of benzene rings is 2. The van der Waals surface area contributed by atoms with Crippen LogP contribution in [0.15, 0.2) is 48.5 Å². The summed E-state index contributed by atoms with van der Waals surface area (Å²) in [5, 5.41) is 3.33. The first-order valence-electron chi connectivity index (χ1n) is 8.45. The molecule has 1 amide bonds. The first kappa shape index (κ1) is 19.8. The average Bonchev–Trinajstić information content (AvgIpc) is 2.65. The lowest BCUT2D eigenvalue weighted by Gasteiger charge is -2.15. The number of halogens is 1. The van der Waals surface area contributed by atoms with Crippen molar-refractivity contribution in [2.24, 2.45) is 0 Å². The molecule has 0 aromatic heterocycles. The molecule has 0 saturated carbocycles. The Kier molecular flexibility index (Phi) is 7.48. The molecule has 2 rings (SSSR count). The van der Waals surface area contributed by atoms with E-state index in [9.17, 15) is 9.59 Å². The highest BCUT2D eigenvalue weighted by Crippen LogP contribution is 2.22. The number of nitrogens with one attached hydrogen (secondary N) is 1. The van der Waals surface area contributed by atoms with Gasteiger partial charge in [-0.3, -0.25) is 4.79 Å². The van der Waals surface area contributed by atoms with E-state index in [0.717, 1.165) is 12.0 Å². The molecule has 0 radical (unpaired) electrons. The molecule has 0 unspecified atom stereocenters. The molecule has 0 bridgehead atoms. The second kappa shape index (κ2) is 9.82. The molecule has 138 valence electrons.